The smallest absolute Gasteiger partial charge is 0.119 e. The van der Waals surface area contributed by atoms with Gasteiger partial charge in [-0.05, 0) is 29.7 Å². The van der Waals surface area contributed by atoms with Gasteiger partial charge >= 0.3 is 0 Å². The maximum atomic E-state index is 5.71. The number of hydrogen-bond donors (Lipinski definition) is 1. The molecule has 0 spiro atoms. The first kappa shape index (κ1) is 17.0. The Kier molecular flexibility index (Phi) is 7.63. The second kappa shape index (κ2) is 8.98. The van der Waals surface area contributed by atoms with Gasteiger partial charge in [-0.1, -0.05) is 39.8 Å². The summed E-state index contributed by atoms with van der Waals surface area (Å²) in [5.74, 6) is 0.936. The third kappa shape index (κ3) is 6.92. The zero-order chi connectivity index (χ0) is 14.8. The molecule has 1 aromatic carbocycles. The molecule has 0 unspecified atom stereocenters. The molecular weight excluding hydrogens is 250 g/mol. The van der Waals surface area contributed by atoms with Crippen LogP contribution in [0.1, 0.15) is 39.7 Å². The number of hydrogen-bond acceptors (Lipinski definition) is 3. The summed E-state index contributed by atoms with van der Waals surface area (Å²) in [6.07, 6.45) is 0.924. The third-order valence-electron chi connectivity index (χ3n) is 3.10. The SMILES string of the molecule is CCNCCOCCCOc1ccc(C(C)(C)C)cc1. The first-order valence-corrected chi connectivity index (χ1v) is 7.56. The topological polar surface area (TPSA) is 30.5 Å². The lowest BCUT2D eigenvalue weighted by Gasteiger charge is -2.19. The van der Waals surface area contributed by atoms with Gasteiger partial charge in [0.25, 0.3) is 0 Å². The Hall–Kier alpha value is -1.06. The van der Waals surface area contributed by atoms with Gasteiger partial charge in [0.05, 0.1) is 13.2 Å². The van der Waals surface area contributed by atoms with E-state index in [1.165, 1.54) is 5.56 Å². The minimum atomic E-state index is 0.193. The van der Waals surface area contributed by atoms with Crippen molar-refractivity contribution in [1.82, 2.24) is 5.32 Å². The van der Waals surface area contributed by atoms with Gasteiger partial charge in [0.15, 0.2) is 0 Å². The Bertz CT molecular complexity index is 354. The van der Waals surface area contributed by atoms with Crippen LogP contribution in [-0.2, 0) is 10.2 Å². The van der Waals surface area contributed by atoms with Crippen molar-refractivity contribution >= 4 is 0 Å². The molecule has 3 heteroatoms. The molecule has 1 rings (SSSR count). The minimum Gasteiger partial charge on any atom is -0.494 e. The fourth-order valence-corrected chi connectivity index (χ4v) is 1.83. The van der Waals surface area contributed by atoms with E-state index in [2.05, 4.69) is 45.1 Å². The molecule has 114 valence electrons. The van der Waals surface area contributed by atoms with Crippen molar-refractivity contribution in [1.29, 1.82) is 0 Å². The van der Waals surface area contributed by atoms with Crippen LogP contribution in [0, 0.1) is 0 Å². The predicted molar refractivity (Wildman–Crippen MR) is 84.6 cm³/mol. The largest absolute Gasteiger partial charge is 0.494 e. The summed E-state index contributed by atoms with van der Waals surface area (Å²) < 4.78 is 11.2. The lowest BCUT2D eigenvalue weighted by molar-refractivity contribution is 0.121. The summed E-state index contributed by atoms with van der Waals surface area (Å²) in [6.45, 7) is 12.9. The van der Waals surface area contributed by atoms with Crippen LogP contribution in [0.5, 0.6) is 5.75 Å². The monoisotopic (exact) mass is 279 g/mol. The molecule has 3 nitrogen and oxygen atoms in total. The van der Waals surface area contributed by atoms with Crippen LogP contribution >= 0.6 is 0 Å². The number of likely N-dealkylation sites (N-methyl/N-ethyl adjacent to an activating group) is 1. The Morgan fingerprint density at radius 2 is 1.70 bits per heavy atom. The van der Waals surface area contributed by atoms with E-state index in [9.17, 15) is 0 Å². The second-order valence-corrected chi connectivity index (χ2v) is 5.94. The molecule has 1 aromatic rings. The van der Waals surface area contributed by atoms with Gasteiger partial charge in [-0.2, -0.15) is 0 Å². The highest BCUT2D eigenvalue weighted by Crippen LogP contribution is 2.24. The highest BCUT2D eigenvalue weighted by Gasteiger charge is 2.12. The average molecular weight is 279 g/mol. The molecule has 1 N–H and O–H groups in total. The molecule has 0 saturated carbocycles. The first-order chi connectivity index (χ1) is 9.54. The van der Waals surface area contributed by atoms with Crippen molar-refractivity contribution in [2.45, 2.75) is 39.5 Å². The molecule has 0 radical (unpaired) electrons. The van der Waals surface area contributed by atoms with Crippen LogP contribution in [0.3, 0.4) is 0 Å². The molecule has 0 fully saturated rings. The quantitative estimate of drug-likeness (QED) is 0.703. The van der Waals surface area contributed by atoms with Crippen molar-refractivity contribution in [2.75, 3.05) is 32.9 Å². The normalized spacial score (nSPS) is 11.6. The summed E-state index contributed by atoms with van der Waals surface area (Å²) in [5.41, 5.74) is 1.52. The Labute approximate surface area is 123 Å². The fourth-order valence-electron chi connectivity index (χ4n) is 1.83. The highest BCUT2D eigenvalue weighted by molar-refractivity contribution is 5.31. The summed E-state index contributed by atoms with van der Waals surface area (Å²) in [6, 6.07) is 8.38. The van der Waals surface area contributed by atoms with E-state index < -0.39 is 0 Å². The summed E-state index contributed by atoms with van der Waals surface area (Å²) in [7, 11) is 0. The van der Waals surface area contributed by atoms with Gasteiger partial charge in [0, 0.05) is 19.6 Å². The number of rotatable bonds is 9. The van der Waals surface area contributed by atoms with E-state index in [-0.39, 0.29) is 5.41 Å². The second-order valence-electron chi connectivity index (χ2n) is 5.94. The van der Waals surface area contributed by atoms with Crippen LogP contribution in [0.25, 0.3) is 0 Å². The fraction of sp³-hybridized carbons (Fsp3) is 0.647. The molecule has 0 aliphatic rings. The Balaban J connectivity index is 2.13. The average Bonchev–Trinajstić information content (AvgIpc) is 2.41. The Morgan fingerprint density at radius 1 is 1.00 bits per heavy atom. The van der Waals surface area contributed by atoms with E-state index in [4.69, 9.17) is 9.47 Å². The molecular formula is C17H29NO2. The van der Waals surface area contributed by atoms with Crippen molar-refractivity contribution in [3.8, 4) is 5.75 Å². The summed E-state index contributed by atoms with van der Waals surface area (Å²) in [4.78, 5) is 0. The molecule has 20 heavy (non-hydrogen) atoms. The molecule has 0 aliphatic carbocycles. The van der Waals surface area contributed by atoms with Gasteiger partial charge < -0.3 is 14.8 Å². The number of ether oxygens (including phenoxy) is 2. The maximum Gasteiger partial charge on any atom is 0.119 e. The van der Waals surface area contributed by atoms with Crippen LogP contribution in [0.4, 0.5) is 0 Å². The highest BCUT2D eigenvalue weighted by atomic mass is 16.5. The van der Waals surface area contributed by atoms with E-state index in [1.807, 2.05) is 12.1 Å². The number of nitrogens with one attached hydrogen (secondary N) is 1. The Morgan fingerprint density at radius 3 is 2.30 bits per heavy atom. The van der Waals surface area contributed by atoms with Crippen LogP contribution in [0.15, 0.2) is 24.3 Å². The first-order valence-electron chi connectivity index (χ1n) is 7.56. The lowest BCUT2D eigenvalue weighted by Crippen LogP contribution is -2.19. The van der Waals surface area contributed by atoms with E-state index >= 15 is 0 Å². The van der Waals surface area contributed by atoms with Gasteiger partial charge in [-0.3, -0.25) is 0 Å². The molecule has 0 aromatic heterocycles. The molecule has 0 atom stereocenters. The minimum absolute atomic E-state index is 0.193. The molecule has 0 saturated heterocycles. The third-order valence-corrected chi connectivity index (χ3v) is 3.10. The molecule has 0 amide bonds. The lowest BCUT2D eigenvalue weighted by atomic mass is 9.87. The molecule has 0 heterocycles. The zero-order valence-electron chi connectivity index (χ0n) is 13.4. The predicted octanol–water partition coefficient (Wildman–Crippen LogP) is 3.38. The zero-order valence-corrected chi connectivity index (χ0v) is 13.4. The van der Waals surface area contributed by atoms with Crippen LogP contribution in [0.2, 0.25) is 0 Å². The van der Waals surface area contributed by atoms with Crippen molar-refractivity contribution in [2.24, 2.45) is 0 Å². The summed E-state index contributed by atoms with van der Waals surface area (Å²) in [5, 5.41) is 3.23. The van der Waals surface area contributed by atoms with Gasteiger partial charge in [0.1, 0.15) is 5.75 Å². The summed E-state index contributed by atoms with van der Waals surface area (Å²) >= 11 is 0. The number of benzene rings is 1. The van der Waals surface area contributed by atoms with Crippen molar-refractivity contribution < 1.29 is 9.47 Å². The van der Waals surface area contributed by atoms with Gasteiger partial charge in [-0.25, -0.2) is 0 Å². The maximum absolute atomic E-state index is 5.71. The standard InChI is InChI=1S/C17H29NO2/c1-5-18-11-14-19-12-6-13-20-16-9-7-15(8-10-16)17(2,3)4/h7-10,18H,5-6,11-14H2,1-4H3. The van der Waals surface area contributed by atoms with Crippen molar-refractivity contribution in [3.05, 3.63) is 29.8 Å². The molecule has 0 aliphatic heterocycles. The molecule has 0 bridgehead atoms. The van der Waals surface area contributed by atoms with Gasteiger partial charge in [-0.15, -0.1) is 0 Å². The van der Waals surface area contributed by atoms with Gasteiger partial charge in [0.2, 0.25) is 0 Å². The van der Waals surface area contributed by atoms with Crippen LogP contribution in [-0.4, -0.2) is 32.9 Å². The van der Waals surface area contributed by atoms with E-state index in [1.54, 1.807) is 0 Å². The van der Waals surface area contributed by atoms with Crippen molar-refractivity contribution in [3.63, 3.8) is 0 Å². The van der Waals surface area contributed by atoms with E-state index in [0.29, 0.717) is 6.61 Å². The van der Waals surface area contributed by atoms with E-state index in [0.717, 1.165) is 38.5 Å². The van der Waals surface area contributed by atoms with Crippen LogP contribution < -0.4 is 10.1 Å².